The summed E-state index contributed by atoms with van der Waals surface area (Å²) in [6.45, 7) is 0. The second kappa shape index (κ2) is 7.84. The van der Waals surface area contributed by atoms with Crippen LogP contribution in [0.5, 0.6) is 0 Å². The molecular weight excluding hydrogens is 388 g/mol. The fourth-order valence-electron chi connectivity index (χ4n) is 1.94. The number of benzene rings is 2. The summed E-state index contributed by atoms with van der Waals surface area (Å²) in [5.41, 5.74) is -2.39. The number of nitro benzene ring substituents is 2. The van der Waals surface area contributed by atoms with Crippen molar-refractivity contribution in [2.75, 3.05) is 0 Å². The van der Waals surface area contributed by atoms with Crippen molar-refractivity contribution < 1.29 is 29.6 Å². The molecule has 0 atom stereocenters. The predicted octanol–water partition coefficient (Wildman–Crippen LogP) is 3.70. The minimum atomic E-state index is -1.50. The molecule has 0 bridgehead atoms. The topological polar surface area (TPSA) is 161 Å². The van der Waals surface area contributed by atoms with Gasteiger partial charge in [0.1, 0.15) is 4.90 Å². The molecular formula is C14H8N2O8S2. The van der Waals surface area contributed by atoms with Gasteiger partial charge < -0.3 is 10.2 Å². The molecule has 0 spiro atoms. The molecule has 0 aliphatic heterocycles. The van der Waals surface area contributed by atoms with Gasteiger partial charge in [0, 0.05) is 11.0 Å². The van der Waals surface area contributed by atoms with Crippen LogP contribution in [0.2, 0.25) is 0 Å². The third-order valence-corrected chi connectivity index (χ3v) is 5.54. The Morgan fingerprint density at radius 1 is 0.846 bits per heavy atom. The summed E-state index contributed by atoms with van der Waals surface area (Å²) in [7, 11) is 1.33. The van der Waals surface area contributed by atoms with Gasteiger partial charge >= 0.3 is 23.3 Å². The first-order chi connectivity index (χ1) is 12.2. The number of rotatable bonds is 7. The van der Waals surface area contributed by atoms with Gasteiger partial charge in [-0.15, -0.1) is 0 Å². The Bertz CT molecular complexity index is 931. The largest absolute Gasteiger partial charge is 0.478 e. The summed E-state index contributed by atoms with van der Waals surface area (Å²) >= 11 is 0. The second-order valence-electron chi connectivity index (χ2n) is 4.60. The van der Waals surface area contributed by atoms with E-state index < -0.39 is 43.6 Å². The van der Waals surface area contributed by atoms with Crippen LogP contribution in [0.3, 0.4) is 0 Å². The van der Waals surface area contributed by atoms with Crippen LogP contribution < -0.4 is 0 Å². The van der Waals surface area contributed by atoms with Crippen LogP contribution in [0.25, 0.3) is 0 Å². The smallest absolute Gasteiger partial charge is 0.361 e. The molecule has 0 aliphatic carbocycles. The lowest BCUT2D eigenvalue weighted by Gasteiger charge is -2.08. The van der Waals surface area contributed by atoms with Crippen molar-refractivity contribution in [2.45, 2.75) is 9.79 Å². The monoisotopic (exact) mass is 396 g/mol. The second-order valence-corrected chi connectivity index (χ2v) is 6.78. The van der Waals surface area contributed by atoms with E-state index in [0.717, 1.165) is 22.9 Å². The van der Waals surface area contributed by atoms with E-state index >= 15 is 0 Å². The standard InChI is InChI=1S/C14H8N2O8S2/c17-13(18)7-3-1-2-4-10(7)25-26-12-8(14(19)20)5-6-9(15(21)22)11(12)16(23)24/h1-6H,(H,17,18)(H,19,20). The molecule has 2 aromatic rings. The van der Waals surface area contributed by atoms with Crippen LogP contribution in [0.4, 0.5) is 11.4 Å². The SMILES string of the molecule is O=C(O)c1ccccc1SSc1c(C(=O)O)ccc([N+](=O)[O-])c1[N+](=O)[O-]. The molecule has 0 aromatic heterocycles. The summed E-state index contributed by atoms with van der Waals surface area (Å²) in [5, 5.41) is 40.7. The van der Waals surface area contributed by atoms with Gasteiger partial charge in [-0.1, -0.05) is 22.9 Å². The molecule has 0 heterocycles. The Hall–Kier alpha value is -3.12. The molecule has 12 heteroatoms. The van der Waals surface area contributed by atoms with E-state index in [9.17, 15) is 34.9 Å². The molecule has 0 aliphatic rings. The Morgan fingerprint density at radius 3 is 2.00 bits per heavy atom. The maximum atomic E-state index is 11.4. The average Bonchev–Trinajstić information content (AvgIpc) is 2.58. The summed E-state index contributed by atoms with van der Waals surface area (Å²) in [6.07, 6.45) is 0. The molecule has 0 radical (unpaired) electrons. The minimum Gasteiger partial charge on any atom is -0.478 e. The molecule has 26 heavy (non-hydrogen) atoms. The van der Waals surface area contributed by atoms with Crippen molar-refractivity contribution in [1.82, 2.24) is 0 Å². The van der Waals surface area contributed by atoms with Crippen LogP contribution in [0.15, 0.2) is 46.2 Å². The summed E-state index contributed by atoms with van der Waals surface area (Å²) in [4.78, 5) is 42.7. The van der Waals surface area contributed by atoms with Crippen LogP contribution >= 0.6 is 21.6 Å². The number of carboxylic acid groups (broad SMARTS) is 2. The van der Waals surface area contributed by atoms with Gasteiger partial charge in [-0.05, 0) is 29.0 Å². The van der Waals surface area contributed by atoms with Gasteiger partial charge in [-0.25, -0.2) is 9.59 Å². The number of nitro groups is 2. The van der Waals surface area contributed by atoms with Crippen molar-refractivity contribution in [3.8, 4) is 0 Å². The van der Waals surface area contributed by atoms with E-state index in [0.29, 0.717) is 10.8 Å². The molecule has 2 rings (SSSR count). The Kier molecular flexibility index (Phi) is 5.79. The zero-order valence-corrected chi connectivity index (χ0v) is 14.2. The quantitative estimate of drug-likeness (QED) is 0.401. The third-order valence-electron chi connectivity index (χ3n) is 3.05. The van der Waals surface area contributed by atoms with Crippen molar-refractivity contribution >= 4 is 44.9 Å². The Labute approximate surface area is 152 Å². The highest BCUT2D eigenvalue weighted by Gasteiger charge is 2.33. The number of nitrogens with zero attached hydrogens (tertiary/aromatic N) is 2. The lowest BCUT2D eigenvalue weighted by Crippen LogP contribution is -2.05. The predicted molar refractivity (Wildman–Crippen MR) is 91.8 cm³/mol. The van der Waals surface area contributed by atoms with E-state index in [1.54, 1.807) is 0 Å². The molecule has 0 amide bonds. The van der Waals surface area contributed by atoms with E-state index in [1.807, 2.05) is 0 Å². The van der Waals surface area contributed by atoms with Crippen molar-refractivity contribution in [2.24, 2.45) is 0 Å². The van der Waals surface area contributed by atoms with Crippen LogP contribution in [0.1, 0.15) is 20.7 Å². The summed E-state index contributed by atoms with van der Waals surface area (Å²) in [5.74, 6) is -2.74. The van der Waals surface area contributed by atoms with Gasteiger partial charge in [0.2, 0.25) is 0 Å². The number of carboxylic acids is 2. The summed E-state index contributed by atoms with van der Waals surface area (Å²) in [6, 6.07) is 7.42. The zero-order valence-electron chi connectivity index (χ0n) is 12.5. The molecule has 0 saturated heterocycles. The lowest BCUT2D eigenvalue weighted by atomic mass is 10.1. The molecule has 0 saturated carbocycles. The Balaban J connectivity index is 2.56. The minimum absolute atomic E-state index is 0.0880. The van der Waals surface area contributed by atoms with E-state index in [1.165, 1.54) is 24.3 Å². The molecule has 10 nitrogen and oxygen atoms in total. The highest BCUT2D eigenvalue weighted by atomic mass is 33.1. The fourth-order valence-corrected chi connectivity index (χ4v) is 4.46. The maximum absolute atomic E-state index is 11.4. The number of aromatic carboxylic acids is 2. The lowest BCUT2D eigenvalue weighted by molar-refractivity contribution is -0.424. The van der Waals surface area contributed by atoms with Crippen molar-refractivity contribution in [3.63, 3.8) is 0 Å². The number of carbonyl (C=O) groups is 2. The maximum Gasteiger partial charge on any atom is 0.361 e. The molecule has 2 aromatic carbocycles. The van der Waals surface area contributed by atoms with Crippen molar-refractivity contribution in [1.29, 1.82) is 0 Å². The van der Waals surface area contributed by atoms with E-state index in [-0.39, 0.29) is 10.5 Å². The van der Waals surface area contributed by atoms with Gasteiger partial charge in [-0.3, -0.25) is 20.2 Å². The van der Waals surface area contributed by atoms with Gasteiger partial charge in [-0.2, -0.15) is 0 Å². The fraction of sp³-hybridized carbons (Fsp3) is 0. The molecule has 0 unspecified atom stereocenters. The normalized spacial score (nSPS) is 10.3. The third kappa shape index (κ3) is 3.92. The highest BCUT2D eigenvalue weighted by molar-refractivity contribution is 8.76. The Morgan fingerprint density at radius 2 is 1.46 bits per heavy atom. The average molecular weight is 396 g/mol. The first kappa shape index (κ1) is 19.2. The molecule has 2 N–H and O–H groups in total. The van der Waals surface area contributed by atoms with E-state index in [2.05, 4.69) is 0 Å². The van der Waals surface area contributed by atoms with Crippen LogP contribution in [-0.4, -0.2) is 32.0 Å². The number of hydrogen-bond donors (Lipinski definition) is 2. The molecule has 134 valence electrons. The highest BCUT2D eigenvalue weighted by Crippen LogP contribution is 2.47. The van der Waals surface area contributed by atoms with Gasteiger partial charge in [0.15, 0.2) is 0 Å². The first-order valence-corrected chi connectivity index (χ1v) is 8.75. The number of hydrogen-bond acceptors (Lipinski definition) is 8. The van der Waals surface area contributed by atoms with E-state index in [4.69, 9.17) is 5.11 Å². The molecule has 0 fully saturated rings. The van der Waals surface area contributed by atoms with Gasteiger partial charge in [0.25, 0.3) is 0 Å². The van der Waals surface area contributed by atoms with Gasteiger partial charge in [0.05, 0.1) is 21.0 Å². The van der Waals surface area contributed by atoms with Crippen molar-refractivity contribution in [3.05, 3.63) is 67.8 Å². The summed E-state index contributed by atoms with van der Waals surface area (Å²) < 4.78 is 0. The van der Waals surface area contributed by atoms with Crippen LogP contribution in [-0.2, 0) is 0 Å². The first-order valence-electron chi connectivity index (χ1n) is 6.60. The zero-order chi connectivity index (χ0) is 19.4. The van der Waals surface area contributed by atoms with Crippen LogP contribution in [0, 0.1) is 20.2 Å².